The standard InChI is InChI=1S/C53H33N3/c1-2-8-46-35(5-1)6-3-9-47(46)44-30-43(42-28-40(34-18-23-54-24-19-34)27-41(29-42)39-7-4-22-56-33-39)31-45(32-44)49-15-11-38-12-16-50-48(36-20-25-55-26-21-36)14-10-37-13-17-51(49)53(38)52(37)50/h1-33H. The molecule has 3 nitrogen and oxygen atoms in total. The molecule has 8 aromatic carbocycles. The third-order valence-electron chi connectivity index (χ3n) is 11.3. The molecule has 0 aliphatic rings. The van der Waals surface area contributed by atoms with Crippen LogP contribution in [-0.4, -0.2) is 15.0 Å². The summed E-state index contributed by atoms with van der Waals surface area (Å²) in [6.45, 7) is 0. The van der Waals surface area contributed by atoms with Crippen LogP contribution in [-0.2, 0) is 0 Å². The minimum absolute atomic E-state index is 1.08. The van der Waals surface area contributed by atoms with Crippen molar-refractivity contribution in [1.29, 1.82) is 0 Å². The largest absolute Gasteiger partial charge is 0.265 e. The van der Waals surface area contributed by atoms with Gasteiger partial charge in [-0.15, -0.1) is 0 Å². The average Bonchev–Trinajstić information content (AvgIpc) is 3.28. The number of aromatic nitrogens is 3. The Morgan fingerprint density at radius 1 is 0.250 bits per heavy atom. The highest BCUT2D eigenvalue weighted by Gasteiger charge is 2.17. The number of nitrogens with zero attached hydrogens (tertiary/aromatic N) is 3. The van der Waals surface area contributed by atoms with Crippen molar-refractivity contribution in [1.82, 2.24) is 15.0 Å². The van der Waals surface area contributed by atoms with Gasteiger partial charge in [0.15, 0.2) is 0 Å². The maximum Gasteiger partial charge on any atom is 0.0346 e. The third kappa shape index (κ3) is 5.40. The molecule has 3 heteroatoms. The summed E-state index contributed by atoms with van der Waals surface area (Å²) >= 11 is 0. The number of benzene rings is 8. The second-order valence-corrected chi connectivity index (χ2v) is 14.5. The highest BCUT2D eigenvalue weighted by atomic mass is 14.6. The predicted octanol–water partition coefficient (Wildman–Crippen LogP) is 13.9. The van der Waals surface area contributed by atoms with Gasteiger partial charge in [-0.25, -0.2) is 0 Å². The monoisotopic (exact) mass is 711 g/mol. The molecule has 0 fully saturated rings. The summed E-state index contributed by atoms with van der Waals surface area (Å²) in [4.78, 5) is 13.1. The van der Waals surface area contributed by atoms with Crippen LogP contribution in [0.15, 0.2) is 201 Å². The van der Waals surface area contributed by atoms with Gasteiger partial charge in [0.2, 0.25) is 0 Å². The van der Waals surface area contributed by atoms with Gasteiger partial charge in [0, 0.05) is 42.7 Å². The predicted molar refractivity (Wildman–Crippen MR) is 234 cm³/mol. The summed E-state index contributed by atoms with van der Waals surface area (Å²) in [6, 6.07) is 60.1. The van der Waals surface area contributed by atoms with Crippen LogP contribution in [0.3, 0.4) is 0 Å². The molecule has 0 spiro atoms. The second-order valence-electron chi connectivity index (χ2n) is 14.5. The van der Waals surface area contributed by atoms with Crippen molar-refractivity contribution < 1.29 is 0 Å². The van der Waals surface area contributed by atoms with E-state index in [-0.39, 0.29) is 0 Å². The van der Waals surface area contributed by atoms with Crippen LogP contribution in [0, 0.1) is 0 Å². The molecule has 11 aromatic rings. The molecule has 3 aromatic heterocycles. The van der Waals surface area contributed by atoms with Crippen LogP contribution in [0.5, 0.6) is 0 Å². The molecular weight excluding hydrogens is 679 g/mol. The van der Waals surface area contributed by atoms with Gasteiger partial charge in [-0.3, -0.25) is 15.0 Å². The van der Waals surface area contributed by atoms with Gasteiger partial charge in [0.25, 0.3) is 0 Å². The smallest absolute Gasteiger partial charge is 0.0346 e. The Kier molecular flexibility index (Phi) is 7.49. The minimum Gasteiger partial charge on any atom is -0.265 e. The summed E-state index contributed by atoms with van der Waals surface area (Å²) in [5.41, 5.74) is 13.9. The van der Waals surface area contributed by atoms with E-state index in [2.05, 4.69) is 173 Å². The van der Waals surface area contributed by atoms with E-state index in [0.29, 0.717) is 0 Å². The normalized spacial score (nSPS) is 11.6. The molecule has 0 saturated carbocycles. The zero-order valence-electron chi connectivity index (χ0n) is 30.4. The molecule has 0 aliphatic heterocycles. The maximum absolute atomic E-state index is 4.48. The molecule has 3 heterocycles. The number of fused-ring (bicyclic) bond motifs is 1. The van der Waals surface area contributed by atoms with E-state index in [4.69, 9.17) is 0 Å². The van der Waals surface area contributed by atoms with E-state index in [1.54, 1.807) is 0 Å². The zero-order chi connectivity index (χ0) is 37.0. The molecule has 0 unspecified atom stereocenters. The summed E-state index contributed by atoms with van der Waals surface area (Å²) < 4.78 is 0. The lowest BCUT2D eigenvalue weighted by atomic mass is 9.85. The van der Waals surface area contributed by atoms with Gasteiger partial charge >= 0.3 is 0 Å². The quantitative estimate of drug-likeness (QED) is 0.161. The Morgan fingerprint density at radius 2 is 0.750 bits per heavy atom. The molecule has 0 N–H and O–H groups in total. The topological polar surface area (TPSA) is 38.7 Å². The first-order valence-electron chi connectivity index (χ1n) is 19.0. The first-order chi connectivity index (χ1) is 27.7. The van der Waals surface area contributed by atoms with Crippen LogP contribution in [0.1, 0.15) is 0 Å². The van der Waals surface area contributed by atoms with Gasteiger partial charge in [0.05, 0.1) is 0 Å². The van der Waals surface area contributed by atoms with Crippen molar-refractivity contribution in [2.75, 3.05) is 0 Å². The number of hydrogen-bond donors (Lipinski definition) is 0. The number of rotatable bonds is 6. The molecule has 260 valence electrons. The molecule has 0 bridgehead atoms. The lowest BCUT2D eigenvalue weighted by Gasteiger charge is -2.18. The average molecular weight is 712 g/mol. The van der Waals surface area contributed by atoms with Crippen LogP contribution < -0.4 is 0 Å². The van der Waals surface area contributed by atoms with Gasteiger partial charge in [0.1, 0.15) is 0 Å². The Hall–Kier alpha value is -7.49. The minimum atomic E-state index is 1.08. The zero-order valence-corrected chi connectivity index (χ0v) is 30.4. The van der Waals surface area contributed by atoms with E-state index >= 15 is 0 Å². The Balaban J connectivity index is 1.19. The van der Waals surface area contributed by atoms with Gasteiger partial charge in [-0.2, -0.15) is 0 Å². The van der Waals surface area contributed by atoms with Crippen LogP contribution >= 0.6 is 0 Å². The van der Waals surface area contributed by atoms with Crippen molar-refractivity contribution in [2.45, 2.75) is 0 Å². The maximum atomic E-state index is 4.48. The SMILES string of the molecule is c1cncc(-c2cc(-c3ccncc3)cc(-c3cc(-c4cccc5ccccc45)cc(-c4ccc5ccc6c(-c7ccncc7)ccc7ccc4c5c76)c3)c2)c1. The van der Waals surface area contributed by atoms with Crippen LogP contribution in [0.2, 0.25) is 0 Å². The molecule has 0 radical (unpaired) electrons. The Labute approximate surface area is 324 Å². The fourth-order valence-corrected chi connectivity index (χ4v) is 8.62. The molecule has 0 atom stereocenters. The lowest BCUT2D eigenvalue weighted by Crippen LogP contribution is -1.92. The fraction of sp³-hybridized carbons (Fsp3) is 0. The van der Waals surface area contributed by atoms with Crippen molar-refractivity contribution in [3.8, 4) is 66.8 Å². The van der Waals surface area contributed by atoms with Crippen molar-refractivity contribution in [3.05, 3.63) is 201 Å². The van der Waals surface area contributed by atoms with E-state index in [0.717, 1.165) is 33.4 Å². The molecular formula is C53H33N3. The molecule has 0 aliphatic carbocycles. The van der Waals surface area contributed by atoms with Gasteiger partial charge in [-0.1, -0.05) is 97.1 Å². The van der Waals surface area contributed by atoms with E-state index in [9.17, 15) is 0 Å². The van der Waals surface area contributed by atoms with Gasteiger partial charge in [-0.05, 0) is 171 Å². The van der Waals surface area contributed by atoms with Crippen molar-refractivity contribution >= 4 is 43.1 Å². The summed E-state index contributed by atoms with van der Waals surface area (Å²) in [6.07, 6.45) is 11.2. The van der Waals surface area contributed by atoms with Crippen molar-refractivity contribution in [2.24, 2.45) is 0 Å². The highest BCUT2D eigenvalue weighted by molar-refractivity contribution is 6.27. The second kappa shape index (κ2) is 13.1. The Bertz CT molecular complexity index is 3170. The summed E-state index contributed by atoms with van der Waals surface area (Å²) in [5, 5.41) is 10.0. The van der Waals surface area contributed by atoms with E-state index in [1.807, 2.05) is 43.2 Å². The molecule has 56 heavy (non-hydrogen) atoms. The first-order valence-corrected chi connectivity index (χ1v) is 19.0. The highest BCUT2D eigenvalue weighted by Crippen LogP contribution is 2.44. The van der Waals surface area contributed by atoms with Crippen molar-refractivity contribution in [3.63, 3.8) is 0 Å². The molecule has 11 rings (SSSR count). The summed E-state index contributed by atoms with van der Waals surface area (Å²) in [7, 11) is 0. The summed E-state index contributed by atoms with van der Waals surface area (Å²) in [5.74, 6) is 0. The molecule has 0 saturated heterocycles. The fourth-order valence-electron chi connectivity index (χ4n) is 8.62. The van der Waals surface area contributed by atoms with E-state index < -0.39 is 0 Å². The number of pyridine rings is 3. The third-order valence-corrected chi connectivity index (χ3v) is 11.3. The number of hydrogen-bond acceptors (Lipinski definition) is 3. The molecule has 0 amide bonds. The first kappa shape index (κ1) is 32.0. The van der Waals surface area contributed by atoms with Crippen LogP contribution in [0.4, 0.5) is 0 Å². The van der Waals surface area contributed by atoms with Gasteiger partial charge < -0.3 is 0 Å². The lowest BCUT2D eigenvalue weighted by molar-refractivity contribution is 1.32. The van der Waals surface area contributed by atoms with E-state index in [1.165, 1.54) is 76.5 Å². The Morgan fingerprint density at radius 3 is 1.39 bits per heavy atom. The van der Waals surface area contributed by atoms with Crippen LogP contribution in [0.25, 0.3) is 110 Å².